The van der Waals surface area contributed by atoms with E-state index in [1.54, 1.807) is 6.92 Å². The Morgan fingerprint density at radius 3 is 2.30 bits per heavy atom. The van der Waals surface area contributed by atoms with E-state index in [9.17, 15) is 9.59 Å². The summed E-state index contributed by atoms with van der Waals surface area (Å²) in [5, 5.41) is 5.49. The van der Waals surface area contributed by atoms with Crippen LogP contribution in [0.25, 0.3) is 0 Å². The molecular formula is C18H28N2O2S. The Kier molecular flexibility index (Phi) is 7.62. The Labute approximate surface area is 143 Å². The molecule has 4 nitrogen and oxygen atoms in total. The zero-order valence-corrected chi connectivity index (χ0v) is 15.5. The Morgan fingerprint density at radius 1 is 1.17 bits per heavy atom. The first-order chi connectivity index (χ1) is 10.7. The highest BCUT2D eigenvalue weighted by molar-refractivity contribution is 8.00. The van der Waals surface area contributed by atoms with Gasteiger partial charge in [-0.25, -0.2) is 0 Å². The molecule has 1 rings (SSSR count). The van der Waals surface area contributed by atoms with E-state index in [0.717, 1.165) is 11.3 Å². The van der Waals surface area contributed by atoms with Gasteiger partial charge in [-0.1, -0.05) is 39.8 Å². The van der Waals surface area contributed by atoms with Crippen molar-refractivity contribution in [2.75, 3.05) is 12.3 Å². The van der Waals surface area contributed by atoms with Crippen LogP contribution in [0.3, 0.4) is 0 Å². The van der Waals surface area contributed by atoms with Crippen molar-refractivity contribution in [2.45, 2.75) is 57.4 Å². The van der Waals surface area contributed by atoms with Crippen LogP contribution in [0.1, 0.15) is 46.6 Å². The van der Waals surface area contributed by atoms with E-state index < -0.39 is 6.04 Å². The normalized spacial score (nSPS) is 12.6. The average molecular weight is 337 g/mol. The zero-order valence-electron chi connectivity index (χ0n) is 14.7. The van der Waals surface area contributed by atoms with Crippen LogP contribution in [0.15, 0.2) is 29.2 Å². The van der Waals surface area contributed by atoms with E-state index in [2.05, 4.69) is 43.5 Å². The molecule has 0 aliphatic heterocycles. The third kappa shape index (κ3) is 7.08. The Hall–Kier alpha value is -1.49. The van der Waals surface area contributed by atoms with Gasteiger partial charge < -0.3 is 10.6 Å². The van der Waals surface area contributed by atoms with Crippen molar-refractivity contribution in [3.05, 3.63) is 29.8 Å². The average Bonchev–Trinajstić information content (AvgIpc) is 2.50. The maximum Gasteiger partial charge on any atom is 0.242 e. The number of hydrogen-bond acceptors (Lipinski definition) is 3. The highest BCUT2D eigenvalue weighted by Gasteiger charge is 2.15. The van der Waals surface area contributed by atoms with Crippen LogP contribution < -0.4 is 10.6 Å². The van der Waals surface area contributed by atoms with Gasteiger partial charge in [-0.2, -0.15) is 0 Å². The molecule has 0 heterocycles. The summed E-state index contributed by atoms with van der Waals surface area (Å²) in [5.41, 5.74) is 1.40. The molecule has 128 valence electrons. The minimum Gasteiger partial charge on any atom is -0.354 e. The van der Waals surface area contributed by atoms with Crippen molar-refractivity contribution in [1.82, 2.24) is 10.6 Å². The Morgan fingerprint density at radius 2 is 1.78 bits per heavy atom. The van der Waals surface area contributed by atoms with Gasteiger partial charge in [0.1, 0.15) is 6.04 Å². The molecule has 5 heteroatoms. The van der Waals surface area contributed by atoms with Crippen LogP contribution in [0.5, 0.6) is 0 Å². The lowest BCUT2D eigenvalue weighted by Gasteiger charge is -2.19. The Bertz CT molecular complexity index is 521. The molecule has 0 bridgehead atoms. The quantitative estimate of drug-likeness (QED) is 0.752. The lowest BCUT2D eigenvalue weighted by atomic mass is 9.87. The molecule has 1 aromatic carbocycles. The molecular weight excluding hydrogens is 308 g/mol. The number of rotatable bonds is 7. The van der Waals surface area contributed by atoms with Crippen molar-refractivity contribution in [3.8, 4) is 0 Å². The number of hydrogen-bond donors (Lipinski definition) is 2. The van der Waals surface area contributed by atoms with Gasteiger partial charge in [-0.15, -0.1) is 11.8 Å². The molecule has 0 saturated heterocycles. The molecule has 0 radical (unpaired) electrons. The third-order valence-corrected chi connectivity index (χ3v) is 4.42. The highest BCUT2D eigenvalue weighted by Crippen LogP contribution is 2.25. The summed E-state index contributed by atoms with van der Waals surface area (Å²) in [7, 11) is 0. The SMILES string of the molecule is CCCNC(=O)[C@@H](C)NC(=O)CSc1ccc(C(C)(C)C)cc1. The lowest BCUT2D eigenvalue weighted by molar-refractivity contribution is -0.127. The predicted molar refractivity (Wildman–Crippen MR) is 96.8 cm³/mol. The second kappa shape index (κ2) is 8.96. The van der Waals surface area contributed by atoms with E-state index in [-0.39, 0.29) is 17.2 Å². The van der Waals surface area contributed by atoms with E-state index in [0.29, 0.717) is 12.3 Å². The van der Waals surface area contributed by atoms with Crippen LogP contribution in [0.2, 0.25) is 0 Å². The van der Waals surface area contributed by atoms with Crippen molar-refractivity contribution in [1.29, 1.82) is 0 Å². The second-order valence-electron chi connectivity index (χ2n) is 6.64. The number of carbonyl (C=O) groups is 2. The summed E-state index contributed by atoms with van der Waals surface area (Å²) >= 11 is 1.48. The number of nitrogens with one attached hydrogen (secondary N) is 2. The Balaban J connectivity index is 2.42. The van der Waals surface area contributed by atoms with Gasteiger partial charge in [0.25, 0.3) is 0 Å². The molecule has 0 aliphatic carbocycles. The van der Waals surface area contributed by atoms with E-state index in [4.69, 9.17) is 0 Å². The van der Waals surface area contributed by atoms with Gasteiger partial charge in [-0.3, -0.25) is 9.59 Å². The monoisotopic (exact) mass is 336 g/mol. The molecule has 0 spiro atoms. The molecule has 0 aromatic heterocycles. The van der Waals surface area contributed by atoms with Crippen LogP contribution in [-0.2, 0) is 15.0 Å². The van der Waals surface area contributed by atoms with Gasteiger partial charge in [0.15, 0.2) is 0 Å². The minimum atomic E-state index is -0.502. The first kappa shape index (κ1) is 19.6. The number of thioether (sulfide) groups is 1. The number of amides is 2. The van der Waals surface area contributed by atoms with Crippen LogP contribution in [0, 0.1) is 0 Å². The van der Waals surface area contributed by atoms with Crippen LogP contribution >= 0.6 is 11.8 Å². The summed E-state index contributed by atoms with van der Waals surface area (Å²) in [5.74, 6) is 0.0362. The fraction of sp³-hybridized carbons (Fsp3) is 0.556. The summed E-state index contributed by atoms with van der Waals surface area (Å²) in [6.45, 7) is 10.8. The number of benzene rings is 1. The molecule has 0 saturated carbocycles. The standard InChI is InChI=1S/C18H28N2O2S/c1-6-11-19-17(22)13(2)20-16(21)12-23-15-9-7-14(8-10-15)18(3,4)5/h7-10,13H,6,11-12H2,1-5H3,(H,19,22)(H,20,21)/t13-/m1/s1. The maximum atomic E-state index is 11.9. The minimum absolute atomic E-state index is 0.127. The molecule has 1 atom stereocenters. The fourth-order valence-electron chi connectivity index (χ4n) is 1.95. The van der Waals surface area contributed by atoms with Gasteiger partial charge in [0, 0.05) is 11.4 Å². The first-order valence-electron chi connectivity index (χ1n) is 8.04. The molecule has 2 N–H and O–H groups in total. The van der Waals surface area contributed by atoms with Crippen LogP contribution in [0.4, 0.5) is 0 Å². The zero-order chi connectivity index (χ0) is 17.5. The molecule has 2 amide bonds. The van der Waals surface area contributed by atoms with E-state index >= 15 is 0 Å². The third-order valence-electron chi connectivity index (χ3n) is 3.41. The molecule has 23 heavy (non-hydrogen) atoms. The van der Waals surface area contributed by atoms with Crippen LogP contribution in [-0.4, -0.2) is 30.2 Å². The van der Waals surface area contributed by atoms with E-state index in [1.807, 2.05) is 19.1 Å². The van der Waals surface area contributed by atoms with Gasteiger partial charge in [0.2, 0.25) is 11.8 Å². The molecule has 0 fully saturated rings. The summed E-state index contributed by atoms with van der Waals surface area (Å²) in [4.78, 5) is 24.7. The van der Waals surface area contributed by atoms with Crippen molar-refractivity contribution in [3.63, 3.8) is 0 Å². The summed E-state index contributed by atoms with van der Waals surface area (Å²) in [6, 6.07) is 7.77. The molecule has 1 aromatic rings. The second-order valence-corrected chi connectivity index (χ2v) is 7.69. The van der Waals surface area contributed by atoms with Gasteiger partial charge in [-0.05, 0) is 36.5 Å². The molecule has 0 unspecified atom stereocenters. The van der Waals surface area contributed by atoms with Crippen molar-refractivity contribution < 1.29 is 9.59 Å². The smallest absolute Gasteiger partial charge is 0.242 e. The number of carbonyl (C=O) groups excluding carboxylic acids is 2. The van der Waals surface area contributed by atoms with Gasteiger partial charge >= 0.3 is 0 Å². The predicted octanol–water partition coefficient (Wildman–Crippen LogP) is 3.11. The largest absolute Gasteiger partial charge is 0.354 e. The van der Waals surface area contributed by atoms with E-state index in [1.165, 1.54) is 17.3 Å². The lowest BCUT2D eigenvalue weighted by Crippen LogP contribution is -2.45. The maximum absolute atomic E-state index is 11.9. The van der Waals surface area contributed by atoms with Gasteiger partial charge in [0.05, 0.1) is 5.75 Å². The summed E-state index contributed by atoms with van der Waals surface area (Å²) in [6.07, 6.45) is 0.882. The summed E-state index contributed by atoms with van der Waals surface area (Å²) < 4.78 is 0. The van der Waals surface area contributed by atoms with Crippen molar-refractivity contribution in [2.24, 2.45) is 0 Å². The molecule has 0 aliphatic rings. The topological polar surface area (TPSA) is 58.2 Å². The highest BCUT2D eigenvalue weighted by atomic mass is 32.2. The first-order valence-corrected chi connectivity index (χ1v) is 9.03. The fourth-order valence-corrected chi connectivity index (χ4v) is 2.66. The van der Waals surface area contributed by atoms with Crippen molar-refractivity contribution >= 4 is 23.6 Å².